The van der Waals surface area contributed by atoms with Crippen LogP contribution in [0.2, 0.25) is 0 Å². The van der Waals surface area contributed by atoms with Crippen molar-refractivity contribution < 1.29 is 37.1 Å². The molecule has 42 heavy (non-hydrogen) atoms. The van der Waals surface area contributed by atoms with Gasteiger partial charge in [0.05, 0.1) is 48.7 Å². The maximum Gasteiger partial charge on any atom is 0.416 e. The number of carbonyl (C=O) groups excluding carboxylic acids is 4. The third kappa shape index (κ3) is 5.33. The van der Waals surface area contributed by atoms with Crippen LogP contribution < -0.4 is 10.2 Å². The normalized spacial score (nSPS) is 19.1. The summed E-state index contributed by atoms with van der Waals surface area (Å²) in [5.41, 5.74) is -0.169. The number of anilines is 1. The number of Topliss-reactive ketones (excluding diaryl/α,β-unsaturated/α-hetero) is 1. The van der Waals surface area contributed by atoms with Crippen molar-refractivity contribution in [2.24, 2.45) is 0 Å². The highest BCUT2D eigenvalue weighted by atomic mass is 19.4. The maximum atomic E-state index is 13.7. The van der Waals surface area contributed by atoms with Crippen LogP contribution in [0.3, 0.4) is 0 Å². The van der Waals surface area contributed by atoms with Crippen LogP contribution in [-0.2, 0) is 20.5 Å². The number of hydrogen-bond donors (Lipinski definition) is 1. The quantitative estimate of drug-likeness (QED) is 0.578. The van der Waals surface area contributed by atoms with E-state index in [0.717, 1.165) is 17.0 Å². The van der Waals surface area contributed by atoms with Crippen molar-refractivity contribution in [3.8, 4) is 6.07 Å². The third-order valence-electron chi connectivity index (χ3n) is 7.54. The molecule has 0 saturated carbocycles. The minimum Gasteiger partial charge on any atom is -0.378 e. The predicted octanol–water partition coefficient (Wildman–Crippen LogP) is 3.40. The second-order valence-electron chi connectivity index (χ2n) is 10.1. The SMILES string of the molecule is CN1C(=O)N(c2cccc(C(F)(F)F)c2)C2=C(C(=O)CC2)C1c1ccc(C#N)cc1C(=O)NCC(=O)N1CCOCC1. The second-order valence-corrected chi connectivity index (χ2v) is 10.1. The lowest BCUT2D eigenvalue weighted by Gasteiger charge is -2.41. The largest absolute Gasteiger partial charge is 0.416 e. The highest BCUT2D eigenvalue weighted by molar-refractivity contribution is 6.09. The van der Waals surface area contributed by atoms with E-state index in [0.29, 0.717) is 26.3 Å². The number of hydrogen-bond acceptors (Lipinski definition) is 6. The van der Waals surface area contributed by atoms with Crippen LogP contribution in [0.25, 0.3) is 0 Å². The van der Waals surface area contributed by atoms with E-state index in [1.54, 1.807) is 4.90 Å². The topological polar surface area (TPSA) is 123 Å². The van der Waals surface area contributed by atoms with Gasteiger partial charge in [-0.2, -0.15) is 18.4 Å². The molecule has 218 valence electrons. The first-order chi connectivity index (χ1) is 20.0. The summed E-state index contributed by atoms with van der Waals surface area (Å²) in [6, 6.07) is 8.76. The van der Waals surface area contributed by atoms with Crippen molar-refractivity contribution in [1.29, 1.82) is 5.26 Å². The number of halogens is 3. The molecule has 2 aromatic carbocycles. The zero-order valence-electron chi connectivity index (χ0n) is 22.5. The Morgan fingerprint density at radius 2 is 1.83 bits per heavy atom. The van der Waals surface area contributed by atoms with Crippen molar-refractivity contribution in [1.82, 2.24) is 15.1 Å². The molecular weight excluding hydrogens is 555 g/mol. The first kappa shape index (κ1) is 28.8. The van der Waals surface area contributed by atoms with Crippen LogP contribution >= 0.6 is 0 Å². The first-order valence-corrected chi connectivity index (χ1v) is 13.2. The Kier molecular flexibility index (Phi) is 7.74. The Labute approximate surface area is 238 Å². The van der Waals surface area contributed by atoms with E-state index < -0.39 is 29.7 Å². The molecule has 4 amide bonds. The number of nitrogens with zero attached hydrogens (tertiary/aromatic N) is 4. The molecule has 0 bridgehead atoms. The lowest BCUT2D eigenvalue weighted by molar-refractivity contribution is -0.137. The lowest BCUT2D eigenvalue weighted by Crippen LogP contribution is -2.48. The molecule has 1 atom stereocenters. The van der Waals surface area contributed by atoms with Gasteiger partial charge in [0.2, 0.25) is 5.91 Å². The van der Waals surface area contributed by atoms with Crippen LogP contribution in [-0.4, -0.2) is 73.3 Å². The van der Waals surface area contributed by atoms with Crippen LogP contribution in [0.5, 0.6) is 0 Å². The van der Waals surface area contributed by atoms with Gasteiger partial charge in [0, 0.05) is 43.4 Å². The van der Waals surface area contributed by atoms with E-state index in [-0.39, 0.29) is 64.7 Å². The van der Waals surface area contributed by atoms with E-state index in [2.05, 4.69) is 5.32 Å². The number of rotatable bonds is 5. The summed E-state index contributed by atoms with van der Waals surface area (Å²) in [5.74, 6) is -1.32. The molecule has 2 aliphatic heterocycles. The van der Waals surface area contributed by atoms with Gasteiger partial charge in [-0.15, -0.1) is 0 Å². The van der Waals surface area contributed by atoms with Crippen LogP contribution in [0.1, 0.15) is 45.9 Å². The number of allylic oxidation sites excluding steroid dienone is 1. The number of benzene rings is 2. The molecule has 1 N–H and O–H groups in total. The molecule has 0 spiro atoms. The summed E-state index contributed by atoms with van der Waals surface area (Å²) >= 11 is 0. The molecule has 1 saturated heterocycles. The highest BCUT2D eigenvalue weighted by Crippen LogP contribution is 2.45. The van der Waals surface area contributed by atoms with Crippen molar-refractivity contribution in [2.45, 2.75) is 25.1 Å². The standard InChI is InChI=1S/C29H26F3N5O5/c1-35-26(20-6-5-17(15-33)13-21(20)27(40)34-16-24(39)36-9-11-42-12-10-36)25-22(7-8-23(25)38)37(28(35)41)19-4-2-3-18(14-19)29(30,31)32/h2-6,13-14,26H,7-12,16H2,1H3,(H,34,40). The second kappa shape index (κ2) is 11.3. The number of nitriles is 1. The smallest absolute Gasteiger partial charge is 0.378 e. The molecule has 5 rings (SSSR count). The molecule has 1 aliphatic carbocycles. The number of morpholine rings is 1. The molecule has 2 aromatic rings. The molecule has 0 radical (unpaired) electrons. The van der Waals surface area contributed by atoms with E-state index in [4.69, 9.17) is 4.74 Å². The van der Waals surface area contributed by atoms with Gasteiger partial charge in [0.1, 0.15) is 0 Å². The van der Waals surface area contributed by atoms with Crippen molar-refractivity contribution in [2.75, 3.05) is 44.8 Å². The minimum atomic E-state index is -4.64. The Morgan fingerprint density at radius 3 is 2.52 bits per heavy atom. The number of carbonyl (C=O) groups is 4. The molecule has 3 aliphatic rings. The van der Waals surface area contributed by atoms with Gasteiger partial charge in [0.25, 0.3) is 5.91 Å². The van der Waals surface area contributed by atoms with E-state index in [1.165, 1.54) is 42.3 Å². The summed E-state index contributed by atoms with van der Waals surface area (Å²) in [6.45, 7) is 1.24. The number of nitrogens with one attached hydrogen (secondary N) is 1. The van der Waals surface area contributed by atoms with E-state index >= 15 is 0 Å². The van der Waals surface area contributed by atoms with Gasteiger partial charge >= 0.3 is 12.2 Å². The number of likely N-dealkylation sites (N-methyl/N-ethyl adjacent to an activating group) is 1. The number of ether oxygens (including phenoxy) is 1. The van der Waals surface area contributed by atoms with E-state index in [9.17, 15) is 37.6 Å². The highest BCUT2D eigenvalue weighted by Gasteiger charge is 2.46. The molecule has 2 heterocycles. The van der Waals surface area contributed by atoms with Crippen LogP contribution in [0.4, 0.5) is 23.7 Å². The van der Waals surface area contributed by atoms with Gasteiger partial charge < -0.3 is 19.9 Å². The van der Waals surface area contributed by atoms with Crippen LogP contribution in [0, 0.1) is 11.3 Å². The first-order valence-electron chi connectivity index (χ1n) is 13.2. The Bertz CT molecular complexity index is 1540. The minimum absolute atomic E-state index is 0.00690. The van der Waals surface area contributed by atoms with Gasteiger partial charge in [0.15, 0.2) is 5.78 Å². The molecule has 13 heteroatoms. The number of ketones is 1. The molecule has 1 unspecified atom stereocenters. The van der Waals surface area contributed by atoms with Crippen molar-refractivity contribution in [3.05, 3.63) is 76.0 Å². The van der Waals surface area contributed by atoms with E-state index in [1.807, 2.05) is 6.07 Å². The molecule has 10 nitrogen and oxygen atoms in total. The predicted molar refractivity (Wildman–Crippen MR) is 142 cm³/mol. The Morgan fingerprint density at radius 1 is 1.10 bits per heavy atom. The zero-order valence-corrected chi connectivity index (χ0v) is 22.5. The van der Waals surface area contributed by atoms with Crippen molar-refractivity contribution in [3.63, 3.8) is 0 Å². The van der Waals surface area contributed by atoms with Crippen LogP contribution in [0.15, 0.2) is 53.7 Å². The number of alkyl halides is 3. The third-order valence-corrected chi connectivity index (χ3v) is 7.54. The average Bonchev–Trinajstić information content (AvgIpc) is 3.36. The Hall–Kier alpha value is -4.70. The fourth-order valence-electron chi connectivity index (χ4n) is 5.47. The summed E-state index contributed by atoms with van der Waals surface area (Å²) in [6.07, 6.45) is -4.49. The maximum absolute atomic E-state index is 13.7. The molecule has 0 aromatic heterocycles. The lowest BCUT2D eigenvalue weighted by atomic mass is 9.89. The van der Waals surface area contributed by atoms with Gasteiger partial charge in [-0.05, 0) is 42.3 Å². The summed E-state index contributed by atoms with van der Waals surface area (Å²) < 4.78 is 45.6. The number of amides is 4. The average molecular weight is 582 g/mol. The summed E-state index contributed by atoms with van der Waals surface area (Å²) in [4.78, 5) is 56.8. The monoisotopic (exact) mass is 581 g/mol. The van der Waals surface area contributed by atoms with Gasteiger partial charge in [-0.3, -0.25) is 19.3 Å². The molecule has 1 fully saturated rings. The molecular formula is C29H26F3N5O5. The number of urea groups is 1. The van der Waals surface area contributed by atoms with Crippen molar-refractivity contribution >= 4 is 29.3 Å². The zero-order chi connectivity index (χ0) is 30.2. The fraction of sp³-hybridized carbons (Fsp3) is 0.345. The van der Waals surface area contributed by atoms with Gasteiger partial charge in [-0.25, -0.2) is 4.79 Å². The van der Waals surface area contributed by atoms with Gasteiger partial charge in [-0.1, -0.05) is 12.1 Å². The summed E-state index contributed by atoms with van der Waals surface area (Å²) in [7, 11) is 1.39. The fourth-order valence-corrected chi connectivity index (χ4v) is 5.47. The Balaban J connectivity index is 1.53. The summed E-state index contributed by atoms with van der Waals surface area (Å²) in [5, 5.41) is 12.1.